The molecule has 1 rings (SSSR count). The Bertz CT molecular complexity index is 73.4. The Kier molecular flexibility index (Phi) is 4.66. The van der Waals surface area contributed by atoms with Crippen molar-refractivity contribution in [3.8, 4) is 0 Å². The van der Waals surface area contributed by atoms with Crippen LogP contribution in [0.15, 0.2) is 0 Å². The van der Waals surface area contributed by atoms with Crippen molar-refractivity contribution in [2.45, 2.75) is 18.6 Å². The van der Waals surface area contributed by atoms with E-state index in [0.717, 1.165) is 17.9 Å². The van der Waals surface area contributed by atoms with Crippen LogP contribution in [0.5, 0.6) is 0 Å². The first-order valence-electron chi connectivity index (χ1n) is 2.82. The molecule has 0 aliphatic carbocycles. The predicted octanol–water partition coefficient (Wildman–Crippen LogP) is 0.233. The molecule has 2 nitrogen and oxygen atoms in total. The average Bonchev–Trinajstić information content (AvgIpc) is 1.77. The number of nitrogens with two attached hydrogens (primary N) is 1. The smallest absolute Gasteiger partial charge is 0.0781 e. The number of hydrogen-bond acceptors (Lipinski definition) is 3. The van der Waals surface area contributed by atoms with E-state index in [1.54, 1.807) is 11.8 Å². The third-order valence-corrected chi connectivity index (χ3v) is 2.48. The highest BCUT2D eigenvalue weighted by molar-refractivity contribution is 7.99. The zero-order chi connectivity index (χ0) is 5.98. The maximum atomic E-state index is 9.03. The first-order valence-corrected chi connectivity index (χ1v) is 3.97. The van der Waals surface area contributed by atoms with Gasteiger partial charge in [0.25, 0.3) is 0 Å². The van der Waals surface area contributed by atoms with Gasteiger partial charge < -0.3 is 10.8 Å². The highest BCUT2D eigenvalue weighted by Gasteiger charge is 2.18. The Balaban J connectivity index is 0.000000640. The summed E-state index contributed by atoms with van der Waals surface area (Å²) < 4.78 is 0. The van der Waals surface area contributed by atoms with Gasteiger partial charge in [0.05, 0.1) is 6.10 Å². The summed E-state index contributed by atoms with van der Waals surface area (Å²) in [6.07, 6.45) is 0.708. The molecular formula is C5H12ClNOS. The van der Waals surface area contributed by atoms with Crippen molar-refractivity contribution in [2.75, 3.05) is 11.5 Å². The standard InChI is InChI=1S/C5H11NOS.ClH/c6-4-1-2-8-3-5(4)7;/h4-5,7H,1-3,6H2;1H/t4-,5-;/m0./s1. The topological polar surface area (TPSA) is 46.2 Å². The molecule has 56 valence electrons. The zero-order valence-corrected chi connectivity index (χ0v) is 6.75. The lowest BCUT2D eigenvalue weighted by molar-refractivity contribution is 0.163. The number of halogens is 1. The molecule has 0 radical (unpaired) electrons. The Morgan fingerprint density at radius 3 is 2.56 bits per heavy atom. The summed E-state index contributed by atoms with van der Waals surface area (Å²) in [5.41, 5.74) is 5.51. The Morgan fingerprint density at radius 2 is 2.22 bits per heavy atom. The SMILES string of the molecule is Cl.N[C@H]1CCSC[C@@H]1O. The summed E-state index contributed by atoms with van der Waals surface area (Å²) in [4.78, 5) is 0. The second-order valence-electron chi connectivity index (χ2n) is 2.09. The van der Waals surface area contributed by atoms with E-state index in [9.17, 15) is 0 Å². The van der Waals surface area contributed by atoms with E-state index in [1.165, 1.54) is 0 Å². The van der Waals surface area contributed by atoms with Crippen LogP contribution in [-0.2, 0) is 0 Å². The van der Waals surface area contributed by atoms with Gasteiger partial charge in [0.2, 0.25) is 0 Å². The largest absolute Gasteiger partial charge is 0.391 e. The molecule has 9 heavy (non-hydrogen) atoms. The lowest BCUT2D eigenvalue weighted by Gasteiger charge is -2.22. The van der Waals surface area contributed by atoms with Gasteiger partial charge in [-0.1, -0.05) is 0 Å². The first kappa shape index (κ1) is 9.56. The van der Waals surface area contributed by atoms with Crippen LogP contribution < -0.4 is 5.73 Å². The average molecular weight is 170 g/mol. The maximum Gasteiger partial charge on any atom is 0.0781 e. The molecule has 0 unspecified atom stereocenters. The molecule has 0 saturated carbocycles. The minimum absolute atomic E-state index is 0. The Labute approximate surface area is 65.6 Å². The van der Waals surface area contributed by atoms with Crippen LogP contribution in [0.4, 0.5) is 0 Å². The molecule has 0 bridgehead atoms. The monoisotopic (exact) mass is 169 g/mol. The maximum absolute atomic E-state index is 9.03. The van der Waals surface area contributed by atoms with Gasteiger partial charge in [-0.25, -0.2) is 0 Å². The van der Waals surface area contributed by atoms with Crippen LogP contribution in [-0.4, -0.2) is 28.8 Å². The van der Waals surface area contributed by atoms with Crippen molar-refractivity contribution in [3.63, 3.8) is 0 Å². The molecule has 1 fully saturated rings. The van der Waals surface area contributed by atoms with E-state index in [-0.39, 0.29) is 24.6 Å². The van der Waals surface area contributed by atoms with E-state index in [4.69, 9.17) is 10.8 Å². The van der Waals surface area contributed by atoms with Gasteiger partial charge in [-0.05, 0) is 12.2 Å². The van der Waals surface area contributed by atoms with Crippen molar-refractivity contribution in [3.05, 3.63) is 0 Å². The first-order chi connectivity index (χ1) is 3.80. The molecule has 1 aliphatic heterocycles. The van der Waals surface area contributed by atoms with Crippen molar-refractivity contribution in [2.24, 2.45) is 5.73 Å². The minimum Gasteiger partial charge on any atom is -0.391 e. The van der Waals surface area contributed by atoms with Crippen molar-refractivity contribution < 1.29 is 5.11 Å². The number of thioether (sulfide) groups is 1. The summed E-state index contributed by atoms with van der Waals surface area (Å²) in [6, 6.07) is 0.0382. The molecule has 0 amide bonds. The fraction of sp³-hybridized carbons (Fsp3) is 1.00. The van der Waals surface area contributed by atoms with Gasteiger partial charge in [0.15, 0.2) is 0 Å². The summed E-state index contributed by atoms with van der Waals surface area (Å²) in [5, 5.41) is 9.03. The van der Waals surface area contributed by atoms with Crippen molar-refractivity contribution in [1.29, 1.82) is 0 Å². The number of aliphatic hydroxyl groups is 1. The molecule has 2 atom stereocenters. The van der Waals surface area contributed by atoms with E-state index in [1.807, 2.05) is 0 Å². The lowest BCUT2D eigenvalue weighted by Crippen LogP contribution is -2.39. The second kappa shape index (κ2) is 4.39. The molecule has 0 aromatic carbocycles. The second-order valence-corrected chi connectivity index (χ2v) is 3.24. The van der Waals surface area contributed by atoms with Gasteiger partial charge in [-0.3, -0.25) is 0 Å². The van der Waals surface area contributed by atoms with Crippen LogP contribution in [0.25, 0.3) is 0 Å². The van der Waals surface area contributed by atoms with Gasteiger partial charge in [-0.2, -0.15) is 11.8 Å². The van der Waals surface area contributed by atoms with E-state index >= 15 is 0 Å². The fourth-order valence-electron chi connectivity index (χ4n) is 0.739. The normalized spacial score (nSPS) is 35.3. The van der Waals surface area contributed by atoms with Gasteiger partial charge >= 0.3 is 0 Å². The van der Waals surface area contributed by atoms with Crippen LogP contribution in [0, 0.1) is 0 Å². The Hall–Kier alpha value is 0.560. The van der Waals surface area contributed by atoms with E-state index < -0.39 is 0 Å². The predicted molar refractivity (Wildman–Crippen MR) is 43.2 cm³/mol. The molecule has 0 spiro atoms. The molecule has 4 heteroatoms. The van der Waals surface area contributed by atoms with E-state index in [0.29, 0.717) is 0 Å². The number of rotatable bonds is 0. The van der Waals surface area contributed by atoms with Crippen LogP contribution in [0.3, 0.4) is 0 Å². The molecule has 1 aliphatic rings. The molecule has 3 N–H and O–H groups in total. The zero-order valence-electron chi connectivity index (χ0n) is 5.12. The summed E-state index contributed by atoms with van der Waals surface area (Å²) in [5.74, 6) is 1.93. The molecule has 1 saturated heterocycles. The summed E-state index contributed by atoms with van der Waals surface area (Å²) >= 11 is 1.78. The molecule has 1 heterocycles. The Morgan fingerprint density at radius 1 is 1.56 bits per heavy atom. The fourth-order valence-corrected chi connectivity index (χ4v) is 1.83. The lowest BCUT2D eigenvalue weighted by atomic mass is 10.1. The van der Waals surface area contributed by atoms with Crippen molar-refractivity contribution >= 4 is 24.2 Å². The van der Waals surface area contributed by atoms with Crippen molar-refractivity contribution in [1.82, 2.24) is 0 Å². The van der Waals surface area contributed by atoms with Gasteiger partial charge in [0, 0.05) is 11.8 Å². The summed E-state index contributed by atoms with van der Waals surface area (Å²) in [7, 11) is 0. The molecular weight excluding hydrogens is 158 g/mol. The van der Waals surface area contributed by atoms with Crippen LogP contribution >= 0.6 is 24.2 Å². The van der Waals surface area contributed by atoms with Crippen LogP contribution in [0.2, 0.25) is 0 Å². The molecule has 0 aromatic heterocycles. The number of aliphatic hydroxyl groups excluding tert-OH is 1. The summed E-state index contributed by atoms with van der Waals surface area (Å²) in [6.45, 7) is 0. The third-order valence-electron chi connectivity index (χ3n) is 1.38. The highest BCUT2D eigenvalue weighted by Crippen LogP contribution is 2.15. The van der Waals surface area contributed by atoms with Crippen LogP contribution in [0.1, 0.15) is 6.42 Å². The number of hydrogen-bond donors (Lipinski definition) is 2. The molecule has 0 aromatic rings. The third kappa shape index (κ3) is 2.76. The minimum atomic E-state index is -0.256. The van der Waals surface area contributed by atoms with E-state index in [2.05, 4.69) is 0 Å². The van der Waals surface area contributed by atoms with Gasteiger partial charge in [-0.15, -0.1) is 12.4 Å². The highest BCUT2D eigenvalue weighted by atomic mass is 35.5. The van der Waals surface area contributed by atoms with Gasteiger partial charge in [0.1, 0.15) is 0 Å². The quantitative estimate of drug-likeness (QED) is 0.546.